The fourth-order valence-electron chi connectivity index (χ4n) is 2.63. The molecule has 0 spiro atoms. The van der Waals surface area contributed by atoms with Crippen molar-refractivity contribution in [3.8, 4) is 0 Å². The highest BCUT2D eigenvalue weighted by Gasteiger charge is 2.17. The highest BCUT2D eigenvalue weighted by Crippen LogP contribution is 2.08. The van der Waals surface area contributed by atoms with E-state index in [1.807, 2.05) is 0 Å². The van der Waals surface area contributed by atoms with Gasteiger partial charge in [0.05, 0.1) is 19.3 Å². The quantitative estimate of drug-likeness (QED) is 0.532. The Balaban J connectivity index is 2.37. The molecular weight excluding hydrogens is 276 g/mol. The number of likely N-dealkylation sites (N-methyl/N-ethyl adjacent to an activating group) is 1. The Morgan fingerprint density at radius 2 is 2.09 bits per heavy atom. The number of hydrogen-bond donors (Lipinski definition) is 2. The van der Waals surface area contributed by atoms with Crippen molar-refractivity contribution in [1.29, 1.82) is 0 Å². The number of nitrogens with one attached hydrogen (secondary N) is 2. The first-order chi connectivity index (χ1) is 10.5. The highest BCUT2D eigenvalue weighted by atomic mass is 16.5. The summed E-state index contributed by atoms with van der Waals surface area (Å²) in [6, 6.07) is 0.450. The van der Waals surface area contributed by atoms with Crippen molar-refractivity contribution in [3.05, 3.63) is 0 Å². The number of nitrogens with zero attached hydrogens (tertiary/aromatic N) is 2. The molecule has 1 saturated heterocycles. The Morgan fingerprint density at radius 1 is 1.32 bits per heavy atom. The van der Waals surface area contributed by atoms with Gasteiger partial charge in [0.25, 0.3) is 0 Å². The second-order valence-electron chi connectivity index (χ2n) is 6.84. The summed E-state index contributed by atoms with van der Waals surface area (Å²) in [6.07, 6.45) is 3.96. The Morgan fingerprint density at radius 3 is 2.73 bits per heavy atom. The summed E-state index contributed by atoms with van der Waals surface area (Å²) in [6.45, 7) is 13.3. The van der Waals surface area contributed by atoms with Crippen LogP contribution in [0.1, 0.15) is 47.0 Å². The zero-order chi connectivity index (χ0) is 16.4. The molecule has 5 nitrogen and oxygen atoms in total. The van der Waals surface area contributed by atoms with Crippen LogP contribution in [0, 0.1) is 5.92 Å². The van der Waals surface area contributed by atoms with Gasteiger partial charge in [-0.05, 0) is 33.2 Å². The molecule has 0 radical (unpaired) electrons. The van der Waals surface area contributed by atoms with Gasteiger partial charge in [0.15, 0.2) is 5.96 Å². The van der Waals surface area contributed by atoms with E-state index in [-0.39, 0.29) is 6.10 Å². The Bertz CT molecular complexity index is 320. The number of rotatable bonds is 8. The van der Waals surface area contributed by atoms with Crippen molar-refractivity contribution in [1.82, 2.24) is 15.5 Å². The monoisotopic (exact) mass is 312 g/mol. The molecule has 0 aromatic carbocycles. The first-order valence-corrected chi connectivity index (χ1v) is 8.86. The third-order valence-electron chi connectivity index (χ3n) is 3.94. The largest absolute Gasteiger partial charge is 0.374 e. The molecule has 1 rings (SSSR count). The summed E-state index contributed by atoms with van der Waals surface area (Å²) >= 11 is 0. The summed E-state index contributed by atoms with van der Waals surface area (Å²) in [5, 5.41) is 6.85. The van der Waals surface area contributed by atoms with E-state index >= 15 is 0 Å². The normalized spacial score (nSPS) is 21.9. The molecule has 1 fully saturated rings. The molecular formula is C17H36N4O. The fourth-order valence-corrected chi connectivity index (χ4v) is 2.63. The standard InChI is InChI=1S/C17H36N4O/c1-6-18-17(20-15(4)9-7-8-14(2)3)19-12-16-13-21(5)10-11-22-16/h14-16H,6-13H2,1-5H3,(H2,18,19,20). The third-order valence-corrected chi connectivity index (χ3v) is 3.94. The van der Waals surface area contributed by atoms with Gasteiger partial charge in [-0.1, -0.05) is 26.7 Å². The van der Waals surface area contributed by atoms with Gasteiger partial charge in [-0.25, -0.2) is 0 Å². The number of morpholine rings is 1. The third kappa shape index (κ3) is 8.59. The van der Waals surface area contributed by atoms with Crippen LogP contribution in [0.4, 0.5) is 0 Å². The molecule has 2 N–H and O–H groups in total. The lowest BCUT2D eigenvalue weighted by molar-refractivity contribution is -0.0136. The summed E-state index contributed by atoms with van der Waals surface area (Å²) < 4.78 is 5.77. The van der Waals surface area contributed by atoms with Crippen LogP contribution in [-0.4, -0.2) is 62.8 Å². The van der Waals surface area contributed by atoms with Crippen LogP contribution in [0.15, 0.2) is 4.99 Å². The van der Waals surface area contributed by atoms with Gasteiger partial charge in [-0.15, -0.1) is 0 Å². The Labute approximate surface area is 136 Å². The summed E-state index contributed by atoms with van der Waals surface area (Å²) in [7, 11) is 2.14. The van der Waals surface area contributed by atoms with E-state index in [2.05, 4.69) is 50.3 Å². The Kier molecular flexibility index (Phi) is 9.48. The van der Waals surface area contributed by atoms with Crippen molar-refractivity contribution in [2.75, 3.05) is 39.8 Å². The lowest BCUT2D eigenvalue weighted by Crippen LogP contribution is -2.44. The molecule has 22 heavy (non-hydrogen) atoms. The zero-order valence-electron chi connectivity index (χ0n) is 15.2. The van der Waals surface area contributed by atoms with Crippen LogP contribution in [0.25, 0.3) is 0 Å². The van der Waals surface area contributed by atoms with Crippen LogP contribution in [-0.2, 0) is 4.74 Å². The maximum Gasteiger partial charge on any atom is 0.191 e. The number of guanidine groups is 1. The molecule has 0 aromatic rings. The topological polar surface area (TPSA) is 48.9 Å². The molecule has 2 unspecified atom stereocenters. The summed E-state index contributed by atoms with van der Waals surface area (Å²) in [5.74, 6) is 1.70. The van der Waals surface area contributed by atoms with Crippen molar-refractivity contribution in [2.45, 2.75) is 59.1 Å². The van der Waals surface area contributed by atoms with Gasteiger partial charge < -0.3 is 20.3 Å². The molecule has 0 aliphatic carbocycles. The first kappa shape index (κ1) is 19.2. The smallest absolute Gasteiger partial charge is 0.191 e. The van der Waals surface area contributed by atoms with Crippen LogP contribution in [0.2, 0.25) is 0 Å². The molecule has 130 valence electrons. The predicted octanol–water partition coefficient (Wildman–Crippen LogP) is 2.09. The minimum atomic E-state index is 0.213. The average molecular weight is 313 g/mol. The van der Waals surface area contributed by atoms with Gasteiger partial charge in [-0.2, -0.15) is 0 Å². The van der Waals surface area contributed by atoms with Crippen LogP contribution in [0.3, 0.4) is 0 Å². The molecule has 0 amide bonds. The maximum atomic E-state index is 5.77. The van der Waals surface area contributed by atoms with Gasteiger partial charge in [0.1, 0.15) is 0 Å². The molecule has 1 heterocycles. The van der Waals surface area contributed by atoms with E-state index in [0.29, 0.717) is 6.04 Å². The van der Waals surface area contributed by atoms with Crippen LogP contribution in [0.5, 0.6) is 0 Å². The van der Waals surface area contributed by atoms with Crippen molar-refractivity contribution >= 4 is 5.96 Å². The lowest BCUT2D eigenvalue weighted by Gasteiger charge is -2.29. The van der Waals surface area contributed by atoms with E-state index in [4.69, 9.17) is 9.73 Å². The molecule has 1 aliphatic heterocycles. The molecule has 0 aromatic heterocycles. The van der Waals surface area contributed by atoms with E-state index in [9.17, 15) is 0 Å². The minimum absolute atomic E-state index is 0.213. The van der Waals surface area contributed by atoms with Gasteiger partial charge >= 0.3 is 0 Å². The minimum Gasteiger partial charge on any atom is -0.374 e. The second-order valence-corrected chi connectivity index (χ2v) is 6.84. The molecule has 0 saturated carbocycles. The van der Waals surface area contributed by atoms with E-state index < -0.39 is 0 Å². The van der Waals surface area contributed by atoms with Crippen molar-refractivity contribution in [3.63, 3.8) is 0 Å². The SMILES string of the molecule is CCNC(=NCC1CN(C)CCO1)NC(C)CCCC(C)C. The Hall–Kier alpha value is -0.810. The molecule has 0 bridgehead atoms. The van der Waals surface area contributed by atoms with Crippen LogP contribution < -0.4 is 10.6 Å². The highest BCUT2D eigenvalue weighted by molar-refractivity contribution is 5.80. The van der Waals surface area contributed by atoms with Gasteiger partial charge in [0.2, 0.25) is 0 Å². The molecule has 5 heteroatoms. The molecule has 1 aliphatic rings. The van der Waals surface area contributed by atoms with E-state index in [1.54, 1.807) is 0 Å². The van der Waals surface area contributed by atoms with Crippen molar-refractivity contribution < 1.29 is 4.74 Å². The fraction of sp³-hybridized carbons (Fsp3) is 0.941. The molecule has 2 atom stereocenters. The van der Waals surface area contributed by atoms with Gasteiger partial charge in [0, 0.05) is 25.7 Å². The van der Waals surface area contributed by atoms with Crippen molar-refractivity contribution in [2.24, 2.45) is 10.9 Å². The van der Waals surface area contributed by atoms with Crippen LogP contribution >= 0.6 is 0 Å². The first-order valence-electron chi connectivity index (χ1n) is 8.86. The van der Waals surface area contributed by atoms with E-state index in [1.165, 1.54) is 19.3 Å². The second kappa shape index (κ2) is 10.8. The zero-order valence-corrected chi connectivity index (χ0v) is 15.2. The average Bonchev–Trinajstić information content (AvgIpc) is 2.44. The maximum absolute atomic E-state index is 5.77. The van der Waals surface area contributed by atoms with E-state index in [0.717, 1.165) is 44.7 Å². The summed E-state index contributed by atoms with van der Waals surface area (Å²) in [5.41, 5.74) is 0. The predicted molar refractivity (Wildman–Crippen MR) is 94.5 cm³/mol. The van der Waals surface area contributed by atoms with Gasteiger partial charge in [-0.3, -0.25) is 4.99 Å². The number of aliphatic imine (C=N–C) groups is 1. The number of hydrogen-bond acceptors (Lipinski definition) is 3. The lowest BCUT2D eigenvalue weighted by atomic mass is 10.0. The number of ether oxygens (including phenoxy) is 1. The summed E-state index contributed by atoms with van der Waals surface area (Å²) in [4.78, 5) is 7.00.